The van der Waals surface area contributed by atoms with Crippen LogP contribution in [0.15, 0.2) is 42.5 Å². The number of thiocarbonyl (C=S) groups is 1. The molecule has 2 rings (SSSR count). The Labute approximate surface area is 167 Å². The first-order valence-electron chi connectivity index (χ1n) is 8.73. The van der Waals surface area contributed by atoms with Crippen LogP contribution < -0.4 is 15.4 Å². The van der Waals surface area contributed by atoms with Crippen molar-refractivity contribution in [2.24, 2.45) is 0 Å². The van der Waals surface area contributed by atoms with E-state index in [1.807, 2.05) is 0 Å². The average Bonchev–Trinajstić information content (AvgIpc) is 2.67. The molecule has 0 aliphatic heterocycles. The Bertz CT molecular complexity index is 855. The van der Waals surface area contributed by atoms with Gasteiger partial charge in [-0.1, -0.05) is 19.8 Å². The first-order valence-corrected chi connectivity index (χ1v) is 9.14. The van der Waals surface area contributed by atoms with Gasteiger partial charge in [0, 0.05) is 17.7 Å². The average molecular weight is 403 g/mol. The highest BCUT2D eigenvalue weighted by molar-refractivity contribution is 7.80. The molecule has 2 aromatic carbocycles. The molecule has 0 spiro atoms. The number of non-ortho nitro benzene ring substituents is 1. The number of nitrogens with zero attached hydrogens (tertiary/aromatic N) is 1. The van der Waals surface area contributed by atoms with Crippen molar-refractivity contribution in [1.82, 2.24) is 5.32 Å². The number of ether oxygens (including phenoxy) is 1. The SMILES string of the molecule is CCCCCOc1ccc(C(=O)NC(=S)Nc2cc([N+](=O)[O-])ccc2O)cc1. The predicted octanol–water partition coefficient (Wildman–Crippen LogP) is 4.00. The Balaban J connectivity index is 1.92. The molecule has 0 heterocycles. The van der Waals surface area contributed by atoms with E-state index in [4.69, 9.17) is 17.0 Å². The van der Waals surface area contributed by atoms with Crippen LogP contribution in [0.1, 0.15) is 36.5 Å². The van der Waals surface area contributed by atoms with Gasteiger partial charge in [-0.05, 0) is 49.0 Å². The molecular formula is C19H21N3O5S. The van der Waals surface area contributed by atoms with Gasteiger partial charge < -0.3 is 15.2 Å². The number of rotatable bonds is 8. The number of benzene rings is 2. The van der Waals surface area contributed by atoms with E-state index in [0.29, 0.717) is 17.9 Å². The molecule has 0 fully saturated rings. The van der Waals surface area contributed by atoms with Gasteiger partial charge in [-0.25, -0.2) is 0 Å². The second-order valence-electron chi connectivity index (χ2n) is 5.95. The topological polar surface area (TPSA) is 114 Å². The van der Waals surface area contributed by atoms with Gasteiger partial charge in [0.05, 0.1) is 17.2 Å². The summed E-state index contributed by atoms with van der Waals surface area (Å²) < 4.78 is 5.59. The van der Waals surface area contributed by atoms with Crippen LogP contribution in [0.3, 0.4) is 0 Å². The zero-order valence-electron chi connectivity index (χ0n) is 15.3. The summed E-state index contributed by atoms with van der Waals surface area (Å²) in [5.41, 5.74) is 0.174. The van der Waals surface area contributed by atoms with Crippen molar-refractivity contribution < 1.29 is 19.6 Å². The van der Waals surface area contributed by atoms with Crippen LogP contribution in [0.5, 0.6) is 11.5 Å². The minimum Gasteiger partial charge on any atom is -0.506 e. The van der Waals surface area contributed by atoms with Crippen molar-refractivity contribution in [2.45, 2.75) is 26.2 Å². The zero-order chi connectivity index (χ0) is 20.5. The fourth-order valence-electron chi connectivity index (χ4n) is 2.31. The lowest BCUT2D eigenvalue weighted by Gasteiger charge is -2.11. The molecule has 0 aliphatic rings. The Morgan fingerprint density at radius 1 is 1.21 bits per heavy atom. The molecular weight excluding hydrogens is 382 g/mol. The standard InChI is InChI=1S/C19H21N3O5S/c1-2-3-4-11-27-15-8-5-13(6-9-15)18(24)21-19(28)20-16-12-14(22(25)26)7-10-17(16)23/h5-10,12,23H,2-4,11H2,1H3,(H2,20,21,24,28). The van der Waals surface area contributed by atoms with Crippen LogP contribution in [-0.2, 0) is 0 Å². The Morgan fingerprint density at radius 2 is 1.93 bits per heavy atom. The molecule has 0 aromatic heterocycles. The first kappa shape index (κ1) is 21.1. The van der Waals surface area contributed by atoms with Gasteiger partial charge in [-0.15, -0.1) is 0 Å². The molecule has 0 unspecified atom stereocenters. The van der Waals surface area contributed by atoms with Crippen molar-refractivity contribution in [1.29, 1.82) is 0 Å². The molecule has 0 saturated heterocycles. The quantitative estimate of drug-likeness (QED) is 0.201. The van der Waals surface area contributed by atoms with Gasteiger partial charge in [0.25, 0.3) is 11.6 Å². The fourth-order valence-corrected chi connectivity index (χ4v) is 2.51. The second-order valence-corrected chi connectivity index (χ2v) is 6.36. The smallest absolute Gasteiger partial charge is 0.271 e. The lowest BCUT2D eigenvalue weighted by Crippen LogP contribution is -2.34. The molecule has 0 atom stereocenters. The van der Waals surface area contributed by atoms with Crippen LogP contribution in [0.25, 0.3) is 0 Å². The number of nitro groups is 1. The highest BCUT2D eigenvalue weighted by Gasteiger charge is 2.13. The van der Waals surface area contributed by atoms with Crippen molar-refractivity contribution in [3.05, 3.63) is 58.1 Å². The normalized spacial score (nSPS) is 10.2. The van der Waals surface area contributed by atoms with Crippen LogP contribution >= 0.6 is 12.2 Å². The molecule has 0 bridgehead atoms. The summed E-state index contributed by atoms with van der Waals surface area (Å²) in [5, 5.41) is 25.5. The summed E-state index contributed by atoms with van der Waals surface area (Å²) in [6, 6.07) is 10.1. The van der Waals surface area contributed by atoms with E-state index in [2.05, 4.69) is 17.6 Å². The van der Waals surface area contributed by atoms with Crippen LogP contribution in [0.2, 0.25) is 0 Å². The van der Waals surface area contributed by atoms with Crippen molar-refractivity contribution in [3.63, 3.8) is 0 Å². The van der Waals surface area contributed by atoms with E-state index in [-0.39, 0.29) is 22.2 Å². The van der Waals surface area contributed by atoms with Gasteiger partial charge in [0.15, 0.2) is 5.11 Å². The van der Waals surface area contributed by atoms with E-state index in [0.717, 1.165) is 31.4 Å². The number of amides is 1. The molecule has 0 aliphatic carbocycles. The van der Waals surface area contributed by atoms with Crippen LogP contribution in [0.4, 0.5) is 11.4 Å². The maximum atomic E-state index is 12.3. The molecule has 28 heavy (non-hydrogen) atoms. The molecule has 0 radical (unpaired) electrons. The molecule has 3 N–H and O–H groups in total. The number of aromatic hydroxyl groups is 1. The molecule has 8 nitrogen and oxygen atoms in total. The van der Waals surface area contributed by atoms with Gasteiger partial charge >= 0.3 is 0 Å². The van der Waals surface area contributed by atoms with Crippen molar-refractivity contribution in [3.8, 4) is 11.5 Å². The Morgan fingerprint density at radius 3 is 2.57 bits per heavy atom. The van der Waals surface area contributed by atoms with Gasteiger partial charge in [0.1, 0.15) is 11.5 Å². The number of carbonyl (C=O) groups is 1. The summed E-state index contributed by atoms with van der Waals surface area (Å²) in [6.07, 6.45) is 3.19. The van der Waals surface area contributed by atoms with E-state index in [1.165, 1.54) is 6.07 Å². The molecule has 1 amide bonds. The third-order valence-electron chi connectivity index (χ3n) is 3.80. The Hall–Kier alpha value is -3.20. The number of anilines is 1. The summed E-state index contributed by atoms with van der Waals surface area (Å²) in [7, 11) is 0. The molecule has 0 saturated carbocycles. The molecule has 2 aromatic rings. The van der Waals surface area contributed by atoms with Gasteiger partial charge in [-0.3, -0.25) is 20.2 Å². The van der Waals surface area contributed by atoms with Crippen molar-refractivity contribution >= 4 is 34.6 Å². The summed E-state index contributed by atoms with van der Waals surface area (Å²) in [4.78, 5) is 22.5. The second kappa shape index (κ2) is 10.2. The number of carbonyl (C=O) groups excluding carboxylic acids is 1. The monoisotopic (exact) mass is 403 g/mol. The van der Waals surface area contributed by atoms with E-state index < -0.39 is 10.8 Å². The summed E-state index contributed by atoms with van der Waals surface area (Å²) in [5.74, 6) is -0.0124. The van der Waals surface area contributed by atoms with Gasteiger partial charge in [0.2, 0.25) is 0 Å². The highest BCUT2D eigenvalue weighted by Crippen LogP contribution is 2.27. The number of hydrogen-bond acceptors (Lipinski definition) is 6. The lowest BCUT2D eigenvalue weighted by molar-refractivity contribution is -0.384. The minimum absolute atomic E-state index is 0.0235. The van der Waals surface area contributed by atoms with Crippen LogP contribution in [0, 0.1) is 10.1 Å². The fraction of sp³-hybridized carbons (Fsp3) is 0.263. The number of phenolic OH excluding ortho intramolecular Hbond substituents is 1. The number of unbranched alkanes of at least 4 members (excludes halogenated alkanes) is 2. The number of nitro benzene ring substituents is 1. The van der Waals surface area contributed by atoms with Crippen LogP contribution in [-0.4, -0.2) is 27.7 Å². The van der Waals surface area contributed by atoms with Gasteiger partial charge in [-0.2, -0.15) is 0 Å². The number of phenols is 1. The third kappa shape index (κ3) is 6.20. The number of nitrogens with one attached hydrogen (secondary N) is 2. The molecule has 148 valence electrons. The van der Waals surface area contributed by atoms with E-state index in [1.54, 1.807) is 24.3 Å². The van der Waals surface area contributed by atoms with Crippen molar-refractivity contribution in [2.75, 3.05) is 11.9 Å². The maximum Gasteiger partial charge on any atom is 0.271 e. The predicted molar refractivity (Wildman–Crippen MR) is 110 cm³/mol. The Kier molecular flexibility index (Phi) is 7.70. The summed E-state index contributed by atoms with van der Waals surface area (Å²) in [6.45, 7) is 2.74. The highest BCUT2D eigenvalue weighted by atomic mass is 32.1. The van der Waals surface area contributed by atoms with E-state index in [9.17, 15) is 20.0 Å². The largest absolute Gasteiger partial charge is 0.506 e. The lowest BCUT2D eigenvalue weighted by atomic mass is 10.2. The maximum absolute atomic E-state index is 12.3. The molecule has 9 heteroatoms. The summed E-state index contributed by atoms with van der Waals surface area (Å²) >= 11 is 5.04. The third-order valence-corrected chi connectivity index (χ3v) is 4.00. The van der Waals surface area contributed by atoms with E-state index >= 15 is 0 Å². The zero-order valence-corrected chi connectivity index (χ0v) is 16.1. The minimum atomic E-state index is -0.599. The number of hydrogen-bond donors (Lipinski definition) is 3. The first-order chi connectivity index (χ1) is 13.4.